The number of hydrogen-bond donors (Lipinski definition) is 2. The van der Waals surface area contributed by atoms with Crippen LogP contribution in [0.5, 0.6) is 0 Å². The minimum atomic E-state index is -0.598. The summed E-state index contributed by atoms with van der Waals surface area (Å²) in [7, 11) is 1.63. The lowest BCUT2D eigenvalue weighted by atomic mass is 9.88. The Morgan fingerprint density at radius 1 is 1.25 bits per heavy atom. The first kappa shape index (κ1) is 19.2. The molecule has 4 rings (SSSR count). The quantitative estimate of drug-likeness (QED) is 0.822. The van der Waals surface area contributed by atoms with Crippen LogP contribution in [0.15, 0.2) is 12.4 Å². The van der Waals surface area contributed by atoms with E-state index in [1.165, 1.54) is 32.1 Å². The summed E-state index contributed by atoms with van der Waals surface area (Å²) < 4.78 is 8.30. The Morgan fingerprint density at radius 2 is 2.00 bits per heavy atom. The number of piperidine rings is 1. The van der Waals surface area contributed by atoms with Gasteiger partial charge in [0.25, 0.3) is 5.91 Å². The summed E-state index contributed by atoms with van der Waals surface area (Å²) in [5.41, 5.74) is -0.598. The second kappa shape index (κ2) is 8.11. The molecule has 0 aromatic carbocycles. The molecule has 8 nitrogen and oxygen atoms in total. The molecule has 1 aromatic heterocycles. The molecule has 1 saturated carbocycles. The highest BCUT2D eigenvalue weighted by Crippen LogP contribution is 2.40. The third-order valence-electron chi connectivity index (χ3n) is 6.52. The first-order valence-electron chi connectivity index (χ1n) is 10.5. The van der Waals surface area contributed by atoms with Crippen molar-refractivity contribution in [2.45, 2.75) is 63.2 Å². The second-order valence-corrected chi connectivity index (χ2v) is 8.30. The number of nitrogens with zero attached hydrogens (tertiary/aromatic N) is 3. The maximum absolute atomic E-state index is 12.6. The molecule has 1 aromatic rings. The lowest BCUT2D eigenvalue weighted by Gasteiger charge is -2.45. The van der Waals surface area contributed by atoms with Crippen molar-refractivity contribution in [2.75, 3.05) is 26.7 Å². The van der Waals surface area contributed by atoms with Gasteiger partial charge in [-0.15, -0.1) is 0 Å². The number of carbonyl (C=O) groups excluding carboxylic acids is 2. The van der Waals surface area contributed by atoms with Crippen molar-refractivity contribution in [3.63, 3.8) is 0 Å². The summed E-state index contributed by atoms with van der Waals surface area (Å²) in [6.07, 6.45) is 10.8. The van der Waals surface area contributed by atoms with E-state index < -0.39 is 11.7 Å². The maximum Gasteiger partial charge on any atom is 0.317 e. The third kappa shape index (κ3) is 3.74. The molecule has 0 radical (unpaired) electrons. The highest BCUT2D eigenvalue weighted by atomic mass is 16.5. The molecule has 28 heavy (non-hydrogen) atoms. The number of likely N-dealkylation sites (tertiary alicyclic amines) is 1. The van der Waals surface area contributed by atoms with Crippen LogP contribution in [0.3, 0.4) is 0 Å². The van der Waals surface area contributed by atoms with Gasteiger partial charge >= 0.3 is 6.03 Å². The highest BCUT2D eigenvalue weighted by molar-refractivity contribution is 5.80. The van der Waals surface area contributed by atoms with Gasteiger partial charge in [-0.3, -0.25) is 4.79 Å². The predicted molar refractivity (Wildman–Crippen MR) is 104 cm³/mol. The molecule has 2 N–H and O–H groups in total. The van der Waals surface area contributed by atoms with Crippen LogP contribution in [0.1, 0.15) is 50.8 Å². The molecule has 3 aliphatic rings. The van der Waals surface area contributed by atoms with Gasteiger partial charge in [0, 0.05) is 51.9 Å². The monoisotopic (exact) mass is 389 g/mol. The Morgan fingerprint density at radius 3 is 2.71 bits per heavy atom. The van der Waals surface area contributed by atoms with E-state index in [-0.39, 0.29) is 11.9 Å². The summed E-state index contributed by atoms with van der Waals surface area (Å²) in [5, 5.41) is 5.81. The number of urea groups is 1. The van der Waals surface area contributed by atoms with Gasteiger partial charge in [-0.1, -0.05) is 19.3 Å². The van der Waals surface area contributed by atoms with Gasteiger partial charge in [0.2, 0.25) is 0 Å². The van der Waals surface area contributed by atoms with Crippen LogP contribution in [0.2, 0.25) is 0 Å². The molecule has 3 amide bonds. The number of ether oxygens (including phenoxy) is 1. The minimum absolute atomic E-state index is 0.0161. The second-order valence-electron chi connectivity index (χ2n) is 8.30. The fourth-order valence-corrected chi connectivity index (χ4v) is 4.84. The first-order chi connectivity index (χ1) is 13.6. The van der Waals surface area contributed by atoms with Gasteiger partial charge in [0.15, 0.2) is 6.10 Å². The van der Waals surface area contributed by atoms with Crippen LogP contribution < -0.4 is 10.6 Å². The van der Waals surface area contributed by atoms with Gasteiger partial charge in [0.1, 0.15) is 11.4 Å². The normalized spacial score (nSPS) is 24.6. The van der Waals surface area contributed by atoms with Crippen LogP contribution in [-0.2, 0) is 21.7 Å². The molecule has 0 bridgehead atoms. The van der Waals surface area contributed by atoms with Crippen molar-refractivity contribution in [1.82, 2.24) is 25.1 Å². The SMILES string of the molecule is CNC(=O)[C@@H]1Cn2ccnc2C2(CCN(C(=O)NCC3CCCCC3)CC2)O1. The van der Waals surface area contributed by atoms with E-state index >= 15 is 0 Å². The number of likely N-dealkylation sites (N-methyl/N-ethyl adjacent to an activating group) is 1. The van der Waals surface area contributed by atoms with Crippen LogP contribution in [0.25, 0.3) is 0 Å². The van der Waals surface area contributed by atoms with Crippen molar-refractivity contribution in [2.24, 2.45) is 5.92 Å². The number of amides is 3. The molecule has 0 unspecified atom stereocenters. The molecular formula is C20H31N5O3. The maximum atomic E-state index is 12.6. The molecule has 3 heterocycles. The lowest BCUT2D eigenvalue weighted by Crippen LogP contribution is -2.55. The predicted octanol–water partition coefficient (Wildman–Crippen LogP) is 1.61. The zero-order valence-corrected chi connectivity index (χ0v) is 16.7. The standard InChI is InChI=1S/C20H31N5O3/c1-21-17(26)16-14-25-12-9-22-18(25)20(28-16)7-10-24(11-8-20)19(27)23-13-15-5-3-2-4-6-15/h9,12,15-16H,2-8,10-11,13-14H2,1H3,(H,21,26)(H,23,27)/t16-/m0/s1. The van der Waals surface area contributed by atoms with E-state index in [0.717, 1.165) is 12.4 Å². The van der Waals surface area contributed by atoms with Crippen molar-refractivity contribution >= 4 is 11.9 Å². The smallest absolute Gasteiger partial charge is 0.317 e. The van der Waals surface area contributed by atoms with Crippen molar-refractivity contribution in [3.8, 4) is 0 Å². The third-order valence-corrected chi connectivity index (χ3v) is 6.52. The van der Waals surface area contributed by atoms with E-state index in [2.05, 4.69) is 15.6 Å². The first-order valence-corrected chi connectivity index (χ1v) is 10.5. The Bertz CT molecular complexity index is 704. The Hall–Kier alpha value is -2.09. The topological polar surface area (TPSA) is 88.5 Å². The average molecular weight is 390 g/mol. The number of carbonyl (C=O) groups is 2. The molecule has 8 heteroatoms. The minimum Gasteiger partial charge on any atom is -0.357 e. The van der Waals surface area contributed by atoms with E-state index in [0.29, 0.717) is 38.4 Å². The summed E-state index contributed by atoms with van der Waals surface area (Å²) >= 11 is 0. The van der Waals surface area contributed by atoms with Crippen molar-refractivity contribution in [1.29, 1.82) is 0 Å². The summed E-state index contributed by atoms with van der Waals surface area (Å²) in [6, 6.07) is 0.0161. The number of imidazole rings is 1. The molecule has 1 saturated heterocycles. The van der Waals surface area contributed by atoms with Gasteiger partial charge in [0.05, 0.1) is 6.54 Å². The largest absolute Gasteiger partial charge is 0.357 e. The molecule has 2 fully saturated rings. The molecule has 1 aliphatic carbocycles. The highest BCUT2D eigenvalue weighted by Gasteiger charge is 2.47. The Kier molecular flexibility index (Phi) is 5.57. The van der Waals surface area contributed by atoms with Gasteiger partial charge in [-0.25, -0.2) is 9.78 Å². The fraction of sp³-hybridized carbons (Fsp3) is 0.750. The molecule has 1 spiro atoms. The molecule has 2 aliphatic heterocycles. The summed E-state index contributed by atoms with van der Waals surface area (Å²) in [5.74, 6) is 1.37. The zero-order chi connectivity index (χ0) is 19.6. The fourth-order valence-electron chi connectivity index (χ4n) is 4.84. The zero-order valence-electron chi connectivity index (χ0n) is 16.7. The van der Waals surface area contributed by atoms with Crippen LogP contribution in [0, 0.1) is 5.92 Å². The number of aromatic nitrogens is 2. The van der Waals surface area contributed by atoms with E-state index in [1.807, 2.05) is 15.7 Å². The Labute approximate surface area is 166 Å². The van der Waals surface area contributed by atoms with Crippen molar-refractivity contribution in [3.05, 3.63) is 18.2 Å². The average Bonchev–Trinajstić information content (AvgIpc) is 3.22. The molecular weight excluding hydrogens is 358 g/mol. The molecule has 154 valence electrons. The number of fused-ring (bicyclic) bond motifs is 2. The van der Waals surface area contributed by atoms with Gasteiger partial charge in [-0.05, 0) is 18.8 Å². The summed E-state index contributed by atoms with van der Waals surface area (Å²) in [4.78, 5) is 31.2. The van der Waals surface area contributed by atoms with Crippen LogP contribution in [-0.4, -0.2) is 59.2 Å². The van der Waals surface area contributed by atoms with Gasteiger partial charge in [-0.2, -0.15) is 0 Å². The van der Waals surface area contributed by atoms with Crippen LogP contribution in [0.4, 0.5) is 4.79 Å². The van der Waals surface area contributed by atoms with E-state index in [9.17, 15) is 9.59 Å². The van der Waals surface area contributed by atoms with Crippen molar-refractivity contribution < 1.29 is 14.3 Å². The lowest BCUT2D eigenvalue weighted by molar-refractivity contribution is -0.171. The summed E-state index contributed by atoms with van der Waals surface area (Å²) in [6.45, 7) is 2.45. The number of rotatable bonds is 3. The van der Waals surface area contributed by atoms with Crippen LogP contribution >= 0.6 is 0 Å². The van der Waals surface area contributed by atoms with E-state index in [4.69, 9.17) is 4.74 Å². The van der Waals surface area contributed by atoms with E-state index in [1.54, 1.807) is 13.2 Å². The Balaban J connectivity index is 1.37. The molecule has 1 atom stereocenters. The number of hydrogen-bond acceptors (Lipinski definition) is 4. The number of nitrogens with one attached hydrogen (secondary N) is 2. The van der Waals surface area contributed by atoms with Gasteiger partial charge < -0.3 is 24.8 Å².